The zero-order chi connectivity index (χ0) is 19.9. The fourth-order valence-electron chi connectivity index (χ4n) is 2.70. The van der Waals surface area contributed by atoms with E-state index in [9.17, 15) is 4.79 Å². The van der Waals surface area contributed by atoms with Gasteiger partial charge in [0.15, 0.2) is 0 Å². The third kappa shape index (κ3) is 5.67. The maximum Gasteiger partial charge on any atom is 0.354 e. The van der Waals surface area contributed by atoms with Crippen LogP contribution >= 0.6 is 0 Å². The normalized spacial score (nSPS) is 9.72. The van der Waals surface area contributed by atoms with Crippen molar-refractivity contribution < 1.29 is 30.0 Å². The van der Waals surface area contributed by atoms with Gasteiger partial charge in [0.2, 0.25) is 0 Å². The minimum Gasteiger partial charge on any atom is -0.477 e. The Balaban J connectivity index is 0.000000255. The number of rotatable bonds is 3. The van der Waals surface area contributed by atoms with Gasteiger partial charge in [0.05, 0.1) is 5.69 Å². The molecule has 0 atom stereocenters. The van der Waals surface area contributed by atoms with Gasteiger partial charge < -0.3 is 14.8 Å². The van der Waals surface area contributed by atoms with Crippen LogP contribution in [0.25, 0.3) is 16.9 Å². The molecule has 0 fully saturated rings. The van der Waals surface area contributed by atoms with E-state index in [1.807, 2.05) is 29.1 Å². The fraction of sp³-hybridized carbons (Fsp3) is 0.0909. The molecule has 149 valence electrons. The molecule has 29 heavy (non-hydrogen) atoms. The number of hydrogen-bond donors (Lipinski definition) is 1. The van der Waals surface area contributed by atoms with Crippen LogP contribution in [-0.2, 0) is 20.1 Å². The Labute approximate surface area is 182 Å². The smallest absolute Gasteiger partial charge is 0.354 e. The molecule has 0 unspecified atom stereocenters. The van der Waals surface area contributed by atoms with Crippen molar-refractivity contribution in [1.82, 2.24) is 19.7 Å². The van der Waals surface area contributed by atoms with Crippen molar-refractivity contribution in [3.05, 3.63) is 96.2 Å². The second-order valence-electron chi connectivity index (χ2n) is 6.07. The molecule has 4 rings (SSSR count). The number of benzene rings is 1. The number of nitrogens with zero attached hydrogens (tertiary/aromatic N) is 4. The summed E-state index contributed by atoms with van der Waals surface area (Å²) in [5.41, 5.74) is 5.38. The maximum atomic E-state index is 10.1. The molecule has 0 saturated heterocycles. The Morgan fingerprint density at radius 1 is 0.931 bits per heavy atom. The number of carboxylic acids is 1. The molecule has 1 radical (unpaired) electrons. The summed E-state index contributed by atoms with van der Waals surface area (Å²) in [4.78, 5) is 18.0. The van der Waals surface area contributed by atoms with Crippen LogP contribution in [0.3, 0.4) is 0 Å². The first-order valence-electron chi connectivity index (χ1n) is 8.66. The van der Waals surface area contributed by atoms with Crippen LogP contribution in [0.15, 0.2) is 73.2 Å². The summed E-state index contributed by atoms with van der Waals surface area (Å²) in [5.74, 6) is -0.990. The van der Waals surface area contributed by atoms with E-state index in [1.165, 1.54) is 23.4 Å². The summed E-state index contributed by atoms with van der Waals surface area (Å²) >= 11 is 0. The van der Waals surface area contributed by atoms with Crippen molar-refractivity contribution in [3.8, 4) is 16.9 Å². The Bertz CT molecular complexity index is 1050. The van der Waals surface area contributed by atoms with Crippen molar-refractivity contribution in [2.24, 2.45) is 0 Å². The summed E-state index contributed by atoms with van der Waals surface area (Å²) in [6.07, 6.45) is 8.22. The summed E-state index contributed by atoms with van der Waals surface area (Å²) in [5, 5.41) is 12.7. The first-order valence-corrected chi connectivity index (χ1v) is 8.66. The van der Waals surface area contributed by atoms with Gasteiger partial charge >= 0.3 is 5.97 Å². The molecule has 0 aliphatic carbocycles. The molecule has 7 heteroatoms. The van der Waals surface area contributed by atoms with Crippen molar-refractivity contribution in [2.45, 2.75) is 13.8 Å². The Morgan fingerprint density at radius 2 is 1.59 bits per heavy atom. The zero-order valence-electron chi connectivity index (χ0n) is 15.9. The van der Waals surface area contributed by atoms with Gasteiger partial charge in [0, 0.05) is 32.5 Å². The molecule has 6 nitrogen and oxygen atoms in total. The quantitative estimate of drug-likeness (QED) is 0.379. The molecule has 0 aliphatic rings. The third-order valence-corrected chi connectivity index (χ3v) is 4.02. The van der Waals surface area contributed by atoms with Crippen molar-refractivity contribution in [3.63, 3.8) is 0 Å². The predicted molar refractivity (Wildman–Crippen MR) is 106 cm³/mol. The fourth-order valence-corrected chi connectivity index (χ4v) is 2.70. The maximum absolute atomic E-state index is 10.1. The minimum atomic E-state index is -0.990. The molecule has 3 aromatic heterocycles. The number of hydrogen-bond acceptors (Lipinski definition) is 4. The molecular formula is C22H19IrN4O2-. The number of aromatic carboxylic acids is 1. The summed E-state index contributed by atoms with van der Waals surface area (Å²) in [7, 11) is 0. The molecule has 4 aromatic rings. The molecule has 3 heterocycles. The van der Waals surface area contributed by atoms with E-state index in [4.69, 9.17) is 5.11 Å². The molecular weight excluding hydrogens is 544 g/mol. The average molecular weight is 564 g/mol. The van der Waals surface area contributed by atoms with Gasteiger partial charge in [-0.3, -0.25) is 5.10 Å². The molecule has 0 saturated carbocycles. The Hall–Kier alpha value is -3.15. The molecule has 0 amide bonds. The first-order chi connectivity index (χ1) is 13.6. The topological polar surface area (TPSA) is 80.9 Å². The second kappa shape index (κ2) is 10.4. The number of carbonyl (C=O) groups is 1. The summed E-state index contributed by atoms with van der Waals surface area (Å²) in [6.45, 7) is 4.18. The number of carboxylic acid groups (broad SMARTS) is 1. The van der Waals surface area contributed by atoms with Crippen LogP contribution in [0.2, 0.25) is 0 Å². The van der Waals surface area contributed by atoms with Gasteiger partial charge in [-0.2, -0.15) is 0 Å². The van der Waals surface area contributed by atoms with Crippen LogP contribution in [0.1, 0.15) is 21.6 Å². The van der Waals surface area contributed by atoms with Crippen LogP contribution in [-0.4, -0.2) is 30.8 Å². The van der Waals surface area contributed by atoms with Gasteiger partial charge in [-0.25, -0.2) is 9.78 Å². The molecule has 0 aliphatic heterocycles. The minimum absolute atomic E-state index is 0. The largest absolute Gasteiger partial charge is 0.477 e. The number of aryl methyl sites for hydroxylation is 2. The summed E-state index contributed by atoms with van der Waals surface area (Å²) in [6, 6.07) is 16.8. The SMILES string of the molecule is Cc1cccc(C)c1-n1cc(-c2ccccn2)[c-]n1.O=C(O)c1ccccn1.[Ir]. The number of para-hydroxylation sites is 1. The van der Waals surface area contributed by atoms with Crippen molar-refractivity contribution in [2.75, 3.05) is 0 Å². The van der Waals surface area contributed by atoms with E-state index >= 15 is 0 Å². The van der Waals surface area contributed by atoms with Gasteiger partial charge in [-0.15, -0.1) is 5.56 Å². The van der Waals surface area contributed by atoms with Crippen molar-refractivity contribution >= 4 is 5.97 Å². The monoisotopic (exact) mass is 564 g/mol. The van der Waals surface area contributed by atoms with Gasteiger partial charge in [-0.1, -0.05) is 42.6 Å². The standard InChI is InChI=1S/C16H14N3.C6H5NO2.Ir/c1-12-6-5-7-13(2)16(12)19-11-14(10-18-19)15-8-3-4-9-17-15;8-6(9)5-3-1-2-4-7-5;/h3-9,11H,1-2H3;1-4H,(H,8,9);/q-1;;. The van der Waals surface area contributed by atoms with Crippen LogP contribution < -0.4 is 0 Å². The van der Waals surface area contributed by atoms with Gasteiger partial charge in [0.25, 0.3) is 0 Å². The van der Waals surface area contributed by atoms with Crippen LogP contribution in [0.4, 0.5) is 0 Å². The first kappa shape index (κ1) is 22.1. The molecule has 1 N–H and O–H groups in total. The second-order valence-corrected chi connectivity index (χ2v) is 6.07. The molecule has 1 aromatic carbocycles. The predicted octanol–water partition coefficient (Wildman–Crippen LogP) is 4.13. The Morgan fingerprint density at radius 3 is 2.10 bits per heavy atom. The zero-order valence-corrected chi connectivity index (χ0v) is 18.3. The summed E-state index contributed by atoms with van der Waals surface area (Å²) < 4.78 is 1.87. The average Bonchev–Trinajstić information content (AvgIpc) is 3.19. The van der Waals surface area contributed by atoms with E-state index in [2.05, 4.69) is 53.3 Å². The molecule has 0 bridgehead atoms. The van der Waals surface area contributed by atoms with Gasteiger partial charge in [0.1, 0.15) is 5.69 Å². The van der Waals surface area contributed by atoms with E-state index in [0.29, 0.717) is 0 Å². The third-order valence-electron chi connectivity index (χ3n) is 4.02. The van der Waals surface area contributed by atoms with Crippen LogP contribution in [0.5, 0.6) is 0 Å². The Kier molecular flexibility index (Phi) is 7.95. The van der Waals surface area contributed by atoms with Crippen LogP contribution in [0, 0.1) is 20.0 Å². The van der Waals surface area contributed by atoms with Crippen molar-refractivity contribution in [1.29, 1.82) is 0 Å². The molecule has 0 spiro atoms. The van der Waals surface area contributed by atoms with E-state index < -0.39 is 5.97 Å². The van der Waals surface area contributed by atoms with Gasteiger partial charge in [-0.05, 0) is 55.1 Å². The number of pyridine rings is 2. The van der Waals surface area contributed by atoms with E-state index in [-0.39, 0.29) is 25.8 Å². The number of aromatic nitrogens is 4. The van der Waals surface area contributed by atoms with E-state index in [0.717, 1.165) is 16.9 Å². The van der Waals surface area contributed by atoms with E-state index in [1.54, 1.807) is 18.3 Å².